The maximum Gasteiger partial charge on any atom is 0.0326 e. The Kier molecular flexibility index (Phi) is 5.58. The highest BCUT2D eigenvalue weighted by atomic mass is 14.9. The van der Waals surface area contributed by atoms with Crippen molar-refractivity contribution in [1.29, 1.82) is 0 Å². The van der Waals surface area contributed by atoms with Crippen molar-refractivity contribution in [2.24, 2.45) is 0 Å². The van der Waals surface area contributed by atoms with E-state index in [2.05, 4.69) is 75.5 Å². The molecule has 21 heavy (non-hydrogen) atoms. The Balaban J connectivity index is 2.11. The molecule has 1 heteroatoms. The average molecular weight is 281 g/mol. The minimum absolute atomic E-state index is 0.441. The van der Waals surface area contributed by atoms with Crippen LogP contribution >= 0.6 is 0 Å². The quantitative estimate of drug-likeness (QED) is 0.794. The third kappa shape index (κ3) is 4.44. The van der Waals surface area contributed by atoms with Crippen molar-refractivity contribution >= 4 is 0 Å². The Morgan fingerprint density at radius 3 is 2.24 bits per heavy atom. The van der Waals surface area contributed by atoms with Crippen molar-refractivity contribution in [1.82, 2.24) is 5.32 Å². The Hall–Kier alpha value is -1.60. The van der Waals surface area contributed by atoms with E-state index in [4.69, 9.17) is 0 Å². The van der Waals surface area contributed by atoms with Crippen molar-refractivity contribution in [3.8, 4) is 0 Å². The fourth-order valence-electron chi connectivity index (χ4n) is 2.81. The molecule has 1 N–H and O–H groups in total. The SMILES string of the molecule is CCNC(CCc1ccc(C)cc1)c1cc(C)ccc1C. The summed E-state index contributed by atoms with van der Waals surface area (Å²) >= 11 is 0. The van der Waals surface area contributed by atoms with Crippen LogP contribution in [0.4, 0.5) is 0 Å². The van der Waals surface area contributed by atoms with Gasteiger partial charge in [-0.05, 0) is 56.8 Å². The monoisotopic (exact) mass is 281 g/mol. The van der Waals surface area contributed by atoms with Gasteiger partial charge in [-0.2, -0.15) is 0 Å². The van der Waals surface area contributed by atoms with Gasteiger partial charge in [0.05, 0.1) is 0 Å². The molecule has 0 bridgehead atoms. The molecule has 112 valence electrons. The summed E-state index contributed by atoms with van der Waals surface area (Å²) < 4.78 is 0. The van der Waals surface area contributed by atoms with Gasteiger partial charge < -0.3 is 5.32 Å². The van der Waals surface area contributed by atoms with Gasteiger partial charge in [-0.15, -0.1) is 0 Å². The van der Waals surface area contributed by atoms with Crippen LogP contribution in [-0.2, 0) is 6.42 Å². The van der Waals surface area contributed by atoms with E-state index in [1.807, 2.05) is 0 Å². The first kappa shape index (κ1) is 15.8. The summed E-state index contributed by atoms with van der Waals surface area (Å²) in [6, 6.07) is 16.1. The molecule has 1 unspecified atom stereocenters. The summed E-state index contributed by atoms with van der Waals surface area (Å²) in [5, 5.41) is 3.65. The first-order valence-corrected chi connectivity index (χ1v) is 7.96. The molecule has 2 aromatic carbocycles. The molecule has 0 heterocycles. The van der Waals surface area contributed by atoms with E-state index in [0.29, 0.717) is 6.04 Å². The van der Waals surface area contributed by atoms with E-state index in [0.717, 1.165) is 19.4 Å². The van der Waals surface area contributed by atoms with Crippen molar-refractivity contribution in [2.75, 3.05) is 6.54 Å². The third-order valence-corrected chi connectivity index (χ3v) is 4.10. The lowest BCUT2D eigenvalue weighted by Gasteiger charge is -2.21. The number of rotatable bonds is 6. The molecular formula is C20H27N. The zero-order chi connectivity index (χ0) is 15.2. The van der Waals surface area contributed by atoms with Crippen LogP contribution in [-0.4, -0.2) is 6.54 Å². The molecular weight excluding hydrogens is 254 g/mol. The van der Waals surface area contributed by atoms with E-state index < -0.39 is 0 Å². The zero-order valence-corrected chi connectivity index (χ0v) is 13.7. The molecule has 0 amide bonds. The molecule has 0 radical (unpaired) electrons. The molecule has 0 saturated carbocycles. The van der Waals surface area contributed by atoms with Crippen LogP contribution in [0.1, 0.15) is 47.2 Å². The first-order valence-electron chi connectivity index (χ1n) is 7.96. The van der Waals surface area contributed by atoms with Crippen LogP contribution < -0.4 is 5.32 Å². The largest absolute Gasteiger partial charge is 0.310 e. The molecule has 0 saturated heterocycles. The summed E-state index contributed by atoms with van der Waals surface area (Å²) in [5.41, 5.74) is 6.93. The Morgan fingerprint density at radius 1 is 0.905 bits per heavy atom. The summed E-state index contributed by atoms with van der Waals surface area (Å²) in [4.78, 5) is 0. The van der Waals surface area contributed by atoms with Gasteiger partial charge >= 0.3 is 0 Å². The number of aryl methyl sites for hydroxylation is 4. The molecule has 0 aromatic heterocycles. The lowest BCUT2D eigenvalue weighted by atomic mass is 9.94. The number of benzene rings is 2. The van der Waals surface area contributed by atoms with Gasteiger partial charge in [-0.1, -0.05) is 60.5 Å². The van der Waals surface area contributed by atoms with Crippen molar-refractivity contribution < 1.29 is 0 Å². The topological polar surface area (TPSA) is 12.0 Å². The molecule has 0 fully saturated rings. The van der Waals surface area contributed by atoms with E-state index in [9.17, 15) is 0 Å². The molecule has 1 nitrogen and oxygen atoms in total. The normalized spacial score (nSPS) is 12.4. The van der Waals surface area contributed by atoms with Gasteiger partial charge in [0.15, 0.2) is 0 Å². The van der Waals surface area contributed by atoms with Gasteiger partial charge in [0.25, 0.3) is 0 Å². The van der Waals surface area contributed by atoms with Gasteiger partial charge in [0.2, 0.25) is 0 Å². The maximum atomic E-state index is 3.65. The third-order valence-electron chi connectivity index (χ3n) is 4.10. The summed E-state index contributed by atoms with van der Waals surface area (Å²) in [6.45, 7) is 9.72. The molecule has 0 aliphatic heterocycles. The molecule has 1 atom stereocenters. The van der Waals surface area contributed by atoms with Crippen LogP contribution in [0.15, 0.2) is 42.5 Å². The summed E-state index contributed by atoms with van der Waals surface area (Å²) in [6.07, 6.45) is 2.26. The Morgan fingerprint density at radius 2 is 1.57 bits per heavy atom. The van der Waals surface area contributed by atoms with Gasteiger partial charge in [0.1, 0.15) is 0 Å². The fourth-order valence-corrected chi connectivity index (χ4v) is 2.81. The average Bonchev–Trinajstić information content (AvgIpc) is 2.48. The second-order valence-electron chi connectivity index (χ2n) is 5.99. The van der Waals surface area contributed by atoms with Crippen LogP contribution in [0.25, 0.3) is 0 Å². The Bertz CT molecular complexity index is 569. The van der Waals surface area contributed by atoms with E-state index in [1.54, 1.807) is 0 Å². The van der Waals surface area contributed by atoms with Crippen LogP contribution in [0.3, 0.4) is 0 Å². The van der Waals surface area contributed by atoms with Gasteiger partial charge in [0, 0.05) is 6.04 Å². The predicted molar refractivity (Wildman–Crippen MR) is 91.8 cm³/mol. The number of nitrogens with one attached hydrogen (secondary N) is 1. The van der Waals surface area contributed by atoms with Gasteiger partial charge in [-0.25, -0.2) is 0 Å². The highest BCUT2D eigenvalue weighted by Gasteiger charge is 2.13. The second-order valence-corrected chi connectivity index (χ2v) is 5.99. The van der Waals surface area contributed by atoms with Crippen molar-refractivity contribution in [2.45, 2.75) is 46.6 Å². The smallest absolute Gasteiger partial charge is 0.0326 e. The molecule has 2 aromatic rings. The molecule has 0 spiro atoms. The molecule has 0 aliphatic rings. The van der Waals surface area contributed by atoms with Crippen LogP contribution in [0.5, 0.6) is 0 Å². The maximum absolute atomic E-state index is 3.65. The highest BCUT2D eigenvalue weighted by Crippen LogP contribution is 2.24. The Labute approximate surface area is 129 Å². The van der Waals surface area contributed by atoms with Crippen LogP contribution in [0.2, 0.25) is 0 Å². The first-order chi connectivity index (χ1) is 10.1. The predicted octanol–water partition coefficient (Wildman–Crippen LogP) is 4.90. The minimum Gasteiger partial charge on any atom is -0.310 e. The van der Waals surface area contributed by atoms with Crippen LogP contribution in [0, 0.1) is 20.8 Å². The molecule has 2 rings (SSSR count). The lowest BCUT2D eigenvalue weighted by molar-refractivity contribution is 0.513. The summed E-state index contributed by atoms with van der Waals surface area (Å²) in [7, 11) is 0. The standard InChI is InChI=1S/C20H27N/c1-5-21-20(19-14-16(3)6-9-17(19)4)13-12-18-10-7-15(2)8-11-18/h6-11,14,20-21H,5,12-13H2,1-4H3. The second kappa shape index (κ2) is 7.42. The van der Waals surface area contributed by atoms with E-state index in [-0.39, 0.29) is 0 Å². The fraction of sp³-hybridized carbons (Fsp3) is 0.400. The van der Waals surface area contributed by atoms with Crippen molar-refractivity contribution in [3.63, 3.8) is 0 Å². The van der Waals surface area contributed by atoms with E-state index >= 15 is 0 Å². The number of hydrogen-bond acceptors (Lipinski definition) is 1. The zero-order valence-electron chi connectivity index (χ0n) is 13.7. The lowest BCUT2D eigenvalue weighted by Crippen LogP contribution is -2.22. The van der Waals surface area contributed by atoms with E-state index in [1.165, 1.54) is 27.8 Å². The molecule has 0 aliphatic carbocycles. The summed E-state index contributed by atoms with van der Waals surface area (Å²) in [5.74, 6) is 0. The highest BCUT2D eigenvalue weighted by molar-refractivity contribution is 5.33. The van der Waals surface area contributed by atoms with Gasteiger partial charge in [-0.3, -0.25) is 0 Å². The number of hydrogen-bond donors (Lipinski definition) is 1. The van der Waals surface area contributed by atoms with Crippen molar-refractivity contribution in [3.05, 3.63) is 70.3 Å². The minimum atomic E-state index is 0.441.